The number of likely N-dealkylation sites (tertiary alicyclic amines) is 1. The molecule has 1 aromatic heterocycles. The van der Waals surface area contributed by atoms with Crippen molar-refractivity contribution in [3.63, 3.8) is 0 Å². The maximum atomic E-state index is 13.4. The topological polar surface area (TPSA) is 82.6 Å². The Morgan fingerprint density at radius 2 is 1.67 bits per heavy atom. The van der Waals surface area contributed by atoms with Gasteiger partial charge in [0.05, 0.1) is 18.2 Å². The summed E-state index contributed by atoms with van der Waals surface area (Å²) in [7, 11) is 0. The van der Waals surface area contributed by atoms with E-state index in [9.17, 15) is 14.7 Å². The molecule has 0 radical (unpaired) electrons. The number of ether oxygens (including phenoxy) is 1. The Hall–Kier alpha value is -4.32. The number of nitrogens with zero attached hydrogens (tertiary/aromatic N) is 1. The Morgan fingerprint density at radius 1 is 0.974 bits per heavy atom. The third kappa shape index (κ3) is 5.07. The number of aliphatic hydroxyl groups is 1. The second-order valence-electron chi connectivity index (χ2n) is 10.9. The molecule has 2 N–H and O–H groups in total. The molecule has 0 bridgehead atoms. The highest BCUT2D eigenvalue weighted by Gasteiger charge is 2.46. The molecule has 2 heterocycles. The van der Waals surface area contributed by atoms with Crippen LogP contribution >= 0.6 is 0 Å². The molecule has 1 amide bonds. The normalized spacial score (nSPS) is 17.2. The maximum Gasteiger partial charge on any atom is 0.295 e. The van der Waals surface area contributed by atoms with Gasteiger partial charge in [0.25, 0.3) is 11.7 Å². The fourth-order valence-corrected chi connectivity index (χ4v) is 5.23. The SMILES string of the molecule is CCOc1ccc(/C(O)=C2\C(=O)C(=O)N(CCc3c[nH]c4ccccc34)C2c2ccc(C(C)(C)C)cc2)cc1. The van der Waals surface area contributed by atoms with Crippen LogP contribution in [0.15, 0.2) is 84.6 Å². The molecule has 0 saturated carbocycles. The molecular formula is C33H34N2O4. The minimum atomic E-state index is -0.698. The monoisotopic (exact) mass is 522 g/mol. The number of carbonyl (C=O) groups is 2. The number of ketones is 1. The van der Waals surface area contributed by atoms with Crippen molar-refractivity contribution in [2.24, 2.45) is 0 Å². The molecule has 0 aliphatic carbocycles. The average molecular weight is 523 g/mol. The molecule has 6 nitrogen and oxygen atoms in total. The largest absolute Gasteiger partial charge is 0.507 e. The van der Waals surface area contributed by atoms with Gasteiger partial charge in [-0.3, -0.25) is 9.59 Å². The second-order valence-corrected chi connectivity index (χ2v) is 10.9. The third-order valence-corrected chi connectivity index (χ3v) is 7.37. The van der Waals surface area contributed by atoms with Crippen molar-refractivity contribution in [3.8, 4) is 5.75 Å². The lowest BCUT2D eigenvalue weighted by Gasteiger charge is -2.26. The van der Waals surface area contributed by atoms with Gasteiger partial charge < -0.3 is 19.7 Å². The number of amides is 1. The molecule has 0 spiro atoms. The highest BCUT2D eigenvalue weighted by atomic mass is 16.5. The van der Waals surface area contributed by atoms with E-state index in [4.69, 9.17) is 4.74 Å². The summed E-state index contributed by atoms with van der Waals surface area (Å²) in [6.07, 6.45) is 2.52. The summed E-state index contributed by atoms with van der Waals surface area (Å²) in [5.41, 5.74) is 4.55. The van der Waals surface area contributed by atoms with Crippen LogP contribution in [0.1, 0.15) is 56.0 Å². The first-order chi connectivity index (χ1) is 18.7. The molecule has 6 heteroatoms. The predicted octanol–water partition coefficient (Wildman–Crippen LogP) is 6.53. The Balaban J connectivity index is 1.55. The second kappa shape index (κ2) is 10.4. The van der Waals surface area contributed by atoms with E-state index in [1.807, 2.05) is 61.7 Å². The van der Waals surface area contributed by atoms with E-state index in [-0.39, 0.29) is 16.7 Å². The van der Waals surface area contributed by atoms with Gasteiger partial charge in [-0.15, -0.1) is 0 Å². The van der Waals surface area contributed by atoms with Crippen LogP contribution in [0.4, 0.5) is 0 Å². The fourth-order valence-electron chi connectivity index (χ4n) is 5.23. The number of nitrogens with one attached hydrogen (secondary N) is 1. The van der Waals surface area contributed by atoms with Gasteiger partial charge in [0.1, 0.15) is 11.5 Å². The zero-order chi connectivity index (χ0) is 27.7. The van der Waals surface area contributed by atoms with Crippen LogP contribution in [0.25, 0.3) is 16.7 Å². The number of hydrogen-bond donors (Lipinski definition) is 2. The highest BCUT2D eigenvalue weighted by Crippen LogP contribution is 2.40. The molecule has 5 rings (SSSR count). The fraction of sp³-hybridized carbons (Fsp3) is 0.273. The molecule has 1 aliphatic rings. The van der Waals surface area contributed by atoms with Gasteiger partial charge in [-0.1, -0.05) is 63.2 Å². The van der Waals surface area contributed by atoms with E-state index in [0.717, 1.165) is 27.6 Å². The summed E-state index contributed by atoms with van der Waals surface area (Å²) in [5.74, 6) is -0.795. The quantitative estimate of drug-likeness (QED) is 0.164. The molecule has 1 fully saturated rings. The van der Waals surface area contributed by atoms with Crippen LogP contribution in [-0.4, -0.2) is 39.8 Å². The molecule has 200 valence electrons. The number of Topliss-reactive ketones (excluding diaryl/α,β-unsaturated/α-hetero) is 1. The van der Waals surface area contributed by atoms with E-state index in [2.05, 4.69) is 25.8 Å². The van der Waals surface area contributed by atoms with E-state index < -0.39 is 17.7 Å². The summed E-state index contributed by atoms with van der Waals surface area (Å²) < 4.78 is 5.52. The summed E-state index contributed by atoms with van der Waals surface area (Å²) >= 11 is 0. The first-order valence-electron chi connectivity index (χ1n) is 13.4. The number of carbonyl (C=O) groups excluding carboxylic acids is 2. The Kier molecular flexibility index (Phi) is 7.04. The van der Waals surface area contributed by atoms with Crippen molar-refractivity contribution >= 4 is 28.4 Å². The van der Waals surface area contributed by atoms with Crippen molar-refractivity contribution in [1.29, 1.82) is 0 Å². The van der Waals surface area contributed by atoms with E-state index in [0.29, 0.717) is 30.9 Å². The van der Waals surface area contributed by atoms with E-state index in [1.165, 1.54) is 0 Å². The van der Waals surface area contributed by atoms with Gasteiger partial charge in [0, 0.05) is 29.2 Å². The summed E-state index contributed by atoms with van der Waals surface area (Å²) in [6, 6.07) is 22.2. The minimum Gasteiger partial charge on any atom is -0.507 e. The molecule has 1 unspecified atom stereocenters. The Labute approximate surface area is 228 Å². The van der Waals surface area contributed by atoms with Crippen LogP contribution in [0.2, 0.25) is 0 Å². The third-order valence-electron chi connectivity index (χ3n) is 7.37. The van der Waals surface area contributed by atoms with E-state index >= 15 is 0 Å². The average Bonchev–Trinajstić information content (AvgIpc) is 3.45. The van der Waals surface area contributed by atoms with Gasteiger partial charge in [-0.2, -0.15) is 0 Å². The van der Waals surface area contributed by atoms with Crippen LogP contribution in [0.3, 0.4) is 0 Å². The van der Waals surface area contributed by atoms with Crippen molar-refractivity contribution in [2.75, 3.05) is 13.2 Å². The van der Waals surface area contributed by atoms with Crippen LogP contribution < -0.4 is 4.74 Å². The lowest BCUT2D eigenvalue weighted by atomic mass is 9.85. The Bertz CT molecular complexity index is 1540. The molecule has 39 heavy (non-hydrogen) atoms. The van der Waals surface area contributed by atoms with Gasteiger partial charge in [0.2, 0.25) is 0 Å². The predicted molar refractivity (Wildman–Crippen MR) is 154 cm³/mol. The lowest BCUT2D eigenvalue weighted by molar-refractivity contribution is -0.139. The van der Waals surface area contributed by atoms with Gasteiger partial charge in [0.15, 0.2) is 0 Å². The number of aromatic nitrogens is 1. The molecular weight excluding hydrogens is 488 g/mol. The molecule has 4 aromatic rings. The van der Waals surface area contributed by atoms with Crippen LogP contribution in [0, 0.1) is 0 Å². The van der Waals surface area contributed by atoms with Crippen molar-refractivity contribution < 1.29 is 19.4 Å². The van der Waals surface area contributed by atoms with Crippen molar-refractivity contribution in [1.82, 2.24) is 9.88 Å². The number of hydrogen-bond acceptors (Lipinski definition) is 4. The molecule has 1 atom stereocenters. The number of para-hydroxylation sites is 1. The summed E-state index contributed by atoms with van der Waals surface area (Å²) in [6.45, 7) is 9.18. The smallest absolute Gasteiger partial charge is 0.295 e. The van der Waals surface area contributed by atoms with Crippen LogP contribution in [0.5, 0.6) is 5.75 Å². The van der Waals surface area contributed by atoms with E-state index in [1.54, 1.807) is 29.2 Å². The van der Waals surface area contributed by atoms with Crippen LogP contribution in [-0.2, 0) is 21.4 Å². The maximum absolute atomic E-state index is 13.4. The van der Waals surface area contributed by atoms with Crippen molar-refractivity contribution in [2.45, 2.75) is 45.6 Å². The number of H-pyrrole nitrogens is 1. The first kappa shape index (κ1) is 26.3. The minimum absolute atomic E-state index is 0.0437. The van der Waals surface area contributed by atoms with Crippen molar-refractivity contribution in [3.05, 3.63) is 107 Å². The molecule has 1 aliphatic heterocycles. The number of benzene rings is 3. The highest BCUT2D eigenvalue weighted by molar-refractivity contribution is 6.46. The lowest BCUT2D eigenvalue weighted by Crippen LogP contribution is -2.31. The molecule has 1 saturated heterocycles. The molecule has 3 aromatic carbocycles. The van der Waals surface area contributed by atoms with Gasteiger partial charge in [-0.05, 0) is 65.8 Å². The number of fused-ring (bicyclic) bond motifs is 1. The summed E-state index contributed by atoms with van der Waals surface area (Å²) in [5, 5.41) is 12.5. The first-order valence-corrected chi connectivity index (χ1v) is 13.4. The number of aliphatic hydroxyl groups excluding tert-OH is 1. The number of rotatable bonds is 7. The summed E-state index contributed by atoms with van der Waals surface area (Å²) in [4.78, 5) is 31.7. The zero-order valence-corrected chi connectivity index (χ0v) is 22.8. The Morgan fingerprint density at radius 3 is 2.33 bits per heavy atom. The van der Waals surface area contributed by atoms with Gasteiger partial charge >= 0.3 is 0 Å². The zero-order valence-electron chi connectivity index (χ0n) is 22.8. The van der Waals surface area contributed by atoms with Gasteiger partial charge in [-0.25, -0.2) is 0 Å². The number of aromatic amines is 1. The standard InChI is InChI=1S/C33H34N2O4/c1-5-39-25-16-12-22(13-17-25)30(36)28-29(21-10-14-24(15-11-21)33(2,3)4)35(32(38)31(28)37)19-18-23-20-34-27-9-7-6-8-26(23)27/h6-17,20,29,34,36H,5,18-19H2,1-4H3/b30-28+.